The maximum atomic E-state index is 9.64. The van der Waals surface area contributed by atoms with Gasteiger partial charge in [0.1, 0.15) is 0 Å². The monoisotopic (exact) mass is 239 g/mol. The molecule has 1 aliphatic carbocycles. The van der Waals surface area contributed by atoms with E-state index in [0.717, 1.165) is 19.8 Å². The van der Waals surface area contributed by atoms with Crippen LogP contribution in [0.15, 0.2) is 0 Å². The van der Waals surface area contributed by atoms with Crippen LogP contribution in [0.25, 0.3) is 0 Å². The summed E-state index contributed by atoms with van der Waals surface area (Å²) >= 11 is 0. The predicted molar refractivity (Wildman–Crippen MR) is 66.9 cm³/mol. The van der Waals surface area contributed by atoms with E-state index in [9.17, 15) is 5.11 Å². The Balaban J connectivity index is 1.51. The number of hydrogen-bond acceptors (Lipinski definition) is 3. The zero-order valence-corrected chi connectivity index (χ0v) is 10.8. The molecule has 1 spiro atoms. The van der Waals surface area contributed by atoms with E-state index >= 15 is 0 Å². The van der Waals surface area contributed by atoms with Crippen LogP contribution in [0.4, 0.5) is 0 Å². The lowest BCUT2D eigenvalue weighted by Crippen LogP contribution is -2.60. The van der Waals surface area contributed by atoms with Crippen LogP contribution in [0.1, 0.15) is 38.5 Å². The molecule has 3 heteroatoms. The number of aliphatic hydroxyl groups excluding tert-OH is 1. The second-order valence-electron chi connectivity index (χ2n) is 6.62. The molecule has 0 atom stereocenters. The van der Waals surface area contributed by atoms with E-state index in [1.165, 1.54) is 51.6 Å². The van der Waals surface area contributed by atoms with E-state index < -0.39 is 0 Å². The highest BCUT2D eigenvalue weighted by Gasteiger charge is 2.46. The van der Waals surface area contributed by atoms with E-state index in [2.05, 4.69) is 4.90 Å². The lowest BCUT2D eigenvalue weighted by atomic mass is 9.72. The van der Waals surface area contributed by atoms with Gasteiger partial charge < -0.3 is 14.7 Å². The molecule has 0 radical (unpaired) electrons. The summed E-state index contributed by atoms with van der Waals surface area (Å²) in [6.45, 7) is 5.93. The molecule has 0 aromatic heterocycles. The van der Waals surface area contributed by atoms with E-state index in [-0.39, 0.29) is 5.41 Å². The van der Waals surface area contributed by atoms with Gasteiger partial charge in [-0.1, -0.05) is 12.8 Å². The Bertz CT molecular complexity index is 259. The minimum absolute atomic E-state index is 0.243. The molecule has 0 aromatic rings. The largest absolute Gasteiger partial charge is 0.396 e. The maximum absolute atomic E-state index is 9.64. The highest BCUT2D eigenvalue weighted by Crippen LogP contribution is 2.44. The molecule has 98 valence electrons. The standard InChI is InChI=1S/C14H25NO2/c16-12-14(3-1-2-4-14)11-15-9-13(10-15)5-7-17-8-6-13/h16H,1-12H2. The predicted octanol–water partition coefficient (Wildman–Crippen LogP) is 1.65. The third kappa shape index (κ3) is 2.25. The first-order chi connectivity index (χ1) is 8.26. The highest BCUT2D eigenvalue weighted by molar-refractivity contribution is 4.99. The summed E-state index contributed by atoms with van der Waals surface area (Å²) in [7, 11) is 0. The van der Waals surface area contributed by atoms with Crippen molar-refractivity contribution in [3.8, 4) is 0 Å². The van der Waals surface area contributed by atoms with Crippen LogP contribution in [-0.2, 0) is 4.74 Å². The van der Waals surface area contributed by atoms with Gasteiger partial charge in [0, 0.05) is 50.3 Å². The molecule has 0 unspecified atom stereocenters. The number of aliphatic hydroxyl groups is 1. The molecule has 3 aliphatic rings. The minimum Gasteiger partial charge on any atom is -0.396 e. The number of nitrogens with zero attached hydrogens (tertiary/aromatic N) is 1. The first kappa shape index (κ1) is 11.9. The van der Waals surface area contributed by atoms with Gasteiger partial charge in [-0.3, -0.25) is 0 Å². The van der Waals surface area contributed by atoms with Crippen molar-refractivity contribution >= 4 is 0 Å². The fourth-order valence-corrected chi connectivity index (χ4v) is 4.10. The molecule has 3 nitrogen and oxygen atoms in total. The zero-order valence-electron chi connectivity index (χ0n) is 10.8. The van der Waals surface area contributed by atoms with Gasteiger partial charge in [-0.25, -0.2) is 0 Å². The molecular weight excluding hydrogens is 214 g/mol. The quantitative estimate of drug-likeness (QED) is 0.813. The summed E-state index contributed by atoms with van der Waals surface area (Å²) in [6, 6.07) is 0. The van der Waals surface area contributed by atoms with Crippen molar-refractivity contribution < 1.29 is 9.84 Å². The molecule has 3 fully saturated rings. The highest BCUT2D eigenvalue weighted by atomic mass is 16.5. The van der Waals surface area contributed by atoms with Crippen molar-refractivity contribution in [2.45, 2.75) is 38.5 Å². The van der Waals surface area contributed by atoms with Crippen molar-refractivity contribution in [2.75, 3.05) is 39.5 Å². The molecule has 1 saturated carbocycles. The average Bonchev–Trinajstić information content (AvgIpc) is 2.78. The van der Waals surface area contributed by atoms with Crippen LogP contribution < -0.4 is 0 Å². The van der Waals surface area contributed by atoms with Gasteiger partial charge in [-0.2, -0.15) is 0 Å². The van der Waals surface area contributed by atoms with Crippen LogP contribution >= 0.6 is 0 Å². The van der Waals surface area contributed by atoms with Crippen LogP contribution in [-0.4, -0.2) is 49.5 Å². The van der Waals surface area contributed by atoms with Crippen molar-refractivity contribution in [1.82, 2.24) is 4.90 Å². The van der Waals surface area contributed by atoms with Crippen molar-refractivity contribution in [3.63, 3.8) is 0 Å². The number of rotatable bonds is 3. The van der Waals surface area contributed by atoms with Gasteiger partial charge in [0.05, 0.1) is 0 Å². The summed E-state index contributed by atoms with van der Waals surface area (Å²) in [6.07, 6.45) is 7.58. The first-order valence-corrected chi connectivity index (χ1v) is 7.17. The van der Waals surface area contributed by atoms with Gasteiger partial charge in [-0.15, -0.1) is 0 Å². The second-order valence-corrected chi connectivity index (χ2v) is 6.62. The van der Waals surface area contributed by atoms with E-state index in [0.29, 0.717) is 12.0 Å². The molecule has 2 aliphatic heterocycles. The normalized spacial score (nSPS) is 31.6. The lowest BCUT2D eigenvalue weighted by Gasteiger charge is -2.54. The molecule has 0 amide bonds. The fraction of sp³-hybridized carbons (Fsp3) is 1.00. The van der Waals surface area contributed by atoms with Gasteiger partial charge in [-0.05, 0) is 25.7 Å². The summed E-state index contributed by atoms with van der Waals surface area (Å²) in [4.78, 5) is 2.58. The number of ether oxygens (including phenoxy) is 1. The Hall–Kier alpha value is -0.120. The van der Waals surface area contributed by atoms with E-state index in [4.69, 9.17) is 4.74 Å². The van der Waals surface area contributed by atoms with Gasteiger partial charge in [0.25, 0.3) is 0 Å². The van der Waals surface area contributed by atoms with Crippen LogP contribution in [0, 0.1) is 10.8 Å². The van der Waals surface area contributed by atoms with E-state index in [1.807, 2.05) is 0 Å². The first-order valence-electron chi connectivity index (χ1n) is 7.17. The molecular formula is C14H25NO2. The summed E-state index contributed by atoms with van der Waals surface area (Å²) < 4.78 is 5.45. The van der Waals surface area contributed by atoms with Crippen molar-refractivity contribution in [3.05, 3.63) is 0 Å². The summed E-state index contributed by atoms with van der Waals surface area (Å²) in [5, 5.41) is 9.64. The van der Waals surface area contributed by atoms with Crippen LogP contribution in [0.2, 0.25) is 0 Å². The number of likely N-dealkylation sites (tertiary alicyclic amines) is 1. The Morgan fingerprint density at radius 3 is 2.24 bits per heavy atom. The molecule has 1 N–H and O–H groups in total. The van der Waals surface area contributed by atoms with Gasteiger partial charge in [0.15, 0.2) is 0 Å². The minimum atomic E-state index is 0.243. The topological polar surface area (TPSA) is 32.7 Å². The van der Waals surface area contributed by atoms with Crippen molar-refractivity contribution in [1.29, 1.82) is 0 Å². The average molecular weight is 239 g/mol. The Morgan fingerprint density at radius 1 is 1.00 bits per heavy atom. The second kappa shape index (κ2) is 4.52. The third-order valence-corrected chi connectivity index (χ3v) is 5.23. The van der Waals surface area contributed by atoms with Gasteiger partial charge >= 0.3 is 0 Å². The number of hydrogen-bond donors (Lipinski definition) is 1. The molecule has 0 bridgehead atoms. The Morgan fingerprint density at radius 2 is 1.65 bits per heavy atom. The third-order valence-electron chi connectivity index (χ3n) is 5.23. The van der Waals surface area contributed by atoms with E-state index in [1.54, 1.807) is 0 Å². The summed E-state index contributed by atoms with van der Waals surface area (Å²) in [5.74, 6) is 0. The van der Waals surface area contributed by atoms with Crippen LogP contribution in [0.3, 0.4) is 0 Å². The lowest BCUT2D eigenvalue weighted by molar-refractivity contribution is -0.0970. The SMILES string of the molecule is OCC1(CN2CC3(CCOCC3)C2)CCCC1. The molecule has 2 heterocycles. The molecule has 17 heavy (non-hydrogen) atoms. The molecule has 0 aromatic carbocycles. The maximum Gasteiger partial charge on any atom is 0.0499 e. The Kier molecular flexibility index (Phi) is 3.18. The van der Waals surface area contributed by atoms with Gasteiger partial charge in [0.2, 0.25) is 0 Å². The molecule has 3 rings (SSSR count). The summed E-state index contributed by atoms with van der Waals surface area (Å²) in [5.41, 5.74) is 0.820. The fourth-order valence-electron chi connectivity index (χ4n) is 4.10. The zero-order chi connectivity index (χ0) is 11.8. The van der Waals surface area contributed by atoms with Crippen molar-refractivity contribution in [2.24, 2.45) is 10.8 Å². The smallest absolute Gasteiger partial charge is 0.0499 e. The van der Waals surface area contributed by atoms with Crippen LogP contribution in [0.5, 0.6) is 0 Å². The molecule has 2 saturated heterocycles. The Labute approximate surface area is 104 Å².